The van der Waals surface area contributed by atoms with Crippen LogP contribution in [0, 0.1) is 5.82 Å². The van der Waals surface area contributed by atoms with E-state index in [2.05, 4.69) is 16.7 Å². The van der Waals surface area contributed by atoms with Crippen LogP contribution >= 0.6 is 11.3 Å². The standard InChI is InChI=1S/C16H15FN4OS/c1-3-9-21-14-11(17)6-5-7-13(14)23-16(21)18-15(22)12-8-10-20(4-2)19-12/h3,5-8,10H,1,4,9H2,2H3. The first-order chi connectivity index (χ1) is 11.1. The van der Waals surface area contributed by atoms with Crippen molar-refractivity contribution in [1.82, 2.24) is 14.3 Å². The summed E-state index contributed by atoms with van der Waals surface area (Å²) in [6.45, 7) is 6.67. The number of rotatable bonds is 4. The lowest BCUT2D eigenvalue weighted by Crippen LogP contribution is -2.17. The highest BCUT2D eigenvalue weighted by Gasteiger charge is 2.13. The topological polar surface area (TPSA) is 52.2 Å². The number of aromatic nitrogens is 3. The van der Waals surface area contributed by atoms with Crippen molar-refractivity contribution in [3.63, 3.8) is 0 Å². The number of aryl methyl sites for hydroxylation is 1. The molecular weight excluding hydrogens is 315 g/mol. The summed E-state index contributed by atoms with van der Waals surface area (Å²) in [4.78, 5) is 16.9. The van der Waals surface area contributed by atoms with Gasteiger partial charge in [-0.15, -0.1) is 6.58 Å². The van der Waals surface area contributed by atoms with Gasteiger partial charge in [0.2, 0.25) is 0 Å². The maximum Gasteiger partial charge on any atom is 0.300 e. The summed E-state index contributed by atoms with van der Waals surface area (Å²) < 4.78 is 18.1. The van der Waals surface area contributed by atoms with Crippen LogP contribution in [0.15, 0.2) is 48.1 Å². The van der Waals surface area contributed by atoms with Gasteiger partial charge in [0.1, 0.15) is 5.82 Å². The predicted octanol–water partition coefficient (Wildman–Crippen LogP) is 2.99. The number of allylic oxidation sites excluding steroid dienone is 1. The molecule has 5 nitrogen and oxygen atoms in total. The molecule has 0 aliphatic rings. The van der Waals surface area contributed by atoms with Gasteiger partial charge >= 0.3 is 0 Å². The lowest BCUT2D eigenvalue weighted by Gasteiger charge is -2.01. The molecule has 0 unspecified atom stereocenters. The summed E-state index contributed by atoms with van der Waals surface area (Å²) in [5, 5.41) is 4.15. The van der Waals surface area contributed by atoms with E-state index in [9.17, 15) is 9.18 Å². The van der Waals surface area contributed by atoms with Crippen LogP contribution < -0.4 is 4.80 Å². The molecule has 3 rings (SSSR count). The van der Waals surface area contributed by atoms with Crippen molar-refractivity contribution < 1.29 is 9.18 Å². The fourth-order valence-corrected chi connectivity index (χ4v) is 3.32. The van der Waals surface area contributed by atoms with Gasteiger partial charge in [0.25, 0.3) is 5.91 Å². The molecule has 0 aliphatic heterocycles. The molecule has 7 heteroatoms. The van der Waals surface area contributed by atoms with Gasteiger partial charge in [-0.05, 0) is 25.1 Å². The van der Waals surface area contributed by atoms with Crippen LogP contribution in [0.2, 0.25) is 0 Å². The van der Waals surface area contributed by atoms with Gasteiger partial charge in [-0.2, -0.15) is 10.1 Å². The zero-order valence-corrected chi connectivity index (χ0v) is 13.4. The fourth-order valence-electron chi connectivity index (χ4n) is 2.27. The number of amides is 1. The van der Waals surface area contributed by atoms with Crippen LogP contribution in [0.4, 0.5) is 4.39 Å². The molecule has 1 aromatic carbocycles. The molecule has 0 aliphatic carbocycles. The van der Waals surface area contributed by atoms with Crippen molar-refractivity contribution in [1.29, 1.82) is 0 Å². The minimum Gasteiger partial charge on any atom is -0.310 e. The molecule has 0 saturated carbocycles. The number of benzene rings is 1. The molecule has 0 saturated heterocycles. The lowest BCUT2D eigenvalue weighted by molar-refractivity contribution is 0.0992. The summed E-state index contributed by atoms with van der Waals surface area (Å²) in [7, 11) is 0. The maximum atomic E-state index is 14.1. The van der Waals surface area contributed by atoms with E-state index in [0.29, 0.717) is 23.4 Å². The Balaban J connectivity index is 2.14. The zero-order chi connectivity index (χ0) is 16.4. The van der Waals surface area contributed by atoms with Crippen molar-refractivity contribution in [2.75, 3.05) is 0 Å². The number of hydrogen-bond acceptors (Lipinski definition) is 3. The van der Waals surface area contributed by atoms with Gasteiger partial charge in [-0.1, -0.05) is 23.5 Å². The van der Waals surface area contributed by atoms with E-state index >= 15 is 0 Å². The van der Waals surface area contributed by atoms with Crippen LogP contribution in [-0.2, 0) is 13.1 Å². The van der Waals surface area contributed by atoms with Crippen LogP contribution in [-0.4, -0.2) is 20.3 Å². The van der Waals surface area contributed by atoms with Crippen molar-refractivity contribution in [2.24, 2.45) is 4.99 Å². The van der Waals surface area contributed by atoms with Gasteiger partial charge in [0.15, 0.2) is 10.5 Å². The maximum absolute atomic E-state index is 14.1. The SMILES string of the molecule is C=CCn1c(=NC(=O)c2ccn(CC)n2)sc2cccc(F)c21. The van der Waals surface area contributed by atoms with Crippen molar-refractivity contribution >= 4 is 27.5 Å². The first kappa shape index (κ1) is 15.4. The Morgan fingerprint density at radius 2 is 2.30 bits per heavy atom. The van der Waals surface area contributed by atoms with Crippen molar-refractivity contribution in [3.05, 3.63) is 59.4 Å². The second kappa shape index (κ2) is 6.29. The van der Waals surface area contributed by atoms with E-state index in [-0.39, 0.29) is 11.5 Å². The quantitative estimate of drug-likeness (QED) is 0.691. The van der Waals surface area contributed by atoms with Gasteiger partial charge in [-0.25, -0.2) is 4.39 Å². The third kappa shape index (κ3) is 2.87. The minimum atomic E-state index is -0.443. The first-order valence-corrected chi connectivity index (χ1v) is 7.97. The summed E-state index contributed by atoms with van der Waals surface area (Å²) in [5.74, 6) is -0.785. The molecule has 118 valence electrons. The second-order valence-corrected chi connectivity index (χ2v) is 5.85. The lowest BCUT2D eigenvalue weighted by atomic mass is 10.3. The number of carbonyl (C=O) groups excluding carboxylic acids is 1. The molecule has 1 amide bonds. The highest BCUT2D eigenvalue weighted by molar-refractivity contribution is 7.16. The zero-order valence-electron chi connectivity index (χ0n) is 12.6. The van der Waals surface area contributed by atoms with Gasteiger partial charge in [0.05, 0.1) is 10.2 Å². The summed E-state index contributed by atoms with van der Waals surface area (Å²) >= 11 is 1.27. The first-order valence-electron chi connectivity index (χ1n) is 7.15. The van der Waals surface area contributed by atoms with E-state index in [1.807, 2.05) is 6.92 Å². The van der Waals surface area contributed by atoms with E-state index in [1.54, 1.807) is 39.7 Å². The molecule has 2 heterocycles. The molecule has 23 heavy (non-hydrogen) atoms. The molecule has 0 atom stereocenters. The molecular formula is C16H15FN4OS. The number of hydrogen-bond donors (Lipinski definition) is 0. The molecule has 2 aromatic heterocycles. The van der Waals surface area contributed by atoms with E-state index in [1.165, 1.54) is 17.4 Å². The van der Waals surface area contributed by atoms with Gasteiger partial charge in [0, 0.05) is 19.3 Å². The van der Waals surface area contributed by atoms with Crippen LogP contribution in [0.5, 0.6) is 0 Å². The Hall–Kier alpha value is -2.54. The van der Waals surface area contributed by atoms with Crippen molar-refractivity contribution in [2.45, 2.75) is 20.0 Å². The molecule has 0 bridgehead atoms. The largest absolute Gasteiger partial charge is 0.310 e. The highest BCUT2D eigenvalue weighted by atomic mass is 32.1. The Morgan fingerprint density at radius 3 is 3.00 bits per heavy atom. The Labute approximate surface area is 136 Å². The third-order valence-corrected chi connectivity index (χ3v) is 4.39. The van der Waals surface area contributed by atoms with Crippen LogP contribution in [0.3, 0.4) is 0 Å². The monoisotopic (exact) mass is 330 g/mol. The van der Waals surface area contributed by atoms with Crippen LogP contribution in [0.25, 0.3) is 10.2 Å². The number of nitrogens with zero attached hydrogens (tertiary/aromatic N) is 4. The Kier molecular flexibility index (Phi) is 4.20. The Bertz CT molecular complexity index is 951. The normalized spacial score (nSPS) is 12.0. The van der Waals surface area contributed by atoms with Crippen LogP contribution in [0.1, 0.15) is 17.4 Å². The number of carbonyl (C=O) groups is 1. The summed E-state index contributed by atoms with van der Waals surface area (Å²) in [6.07, 6.45) is 3.37. The van der Waals surface area contributed by atoms with E-state index in [0.717, 1.165) is 4.70 Å². The van der Waals surface area contributed by atoms with E-state index < -0.39 is 5.91 Å². The van der Waals surface area contributed by atoms with Crippen molar-refractivity contribution in [3.8, 4) is 0 Å². The number of para-hydroxylation sites is 1. The molecule has 0 N–H and O–H groups in total. The molecule has 0 radical (unpaired) electrons. The average Bonchev–Trinajstić information content (AvgIpc) is 3.14. The molecule has 3 aromatic rings. The molecule has 0 spiro atoms. The van der Waals surface area contributed by atoms with E-state index in [4.69, 9.17) is 0 Å². The smallest absolute Gasteiger partial charge is 0.300 e. The highest BCUT2D eigenvalue weighted by Crippen LogP contribution is 2.20. The van der Waals surface area contributed by atoms with Gasteiger partial charge < -0.3 is 4.57 Å². The summed E-state index contributed by atoms with van der Waals surface area (Å²) in [6, 6.07) is 6.46. The minimum absolute atomic E-state index is 0.273. The third-order valence-electron chi connectivity index (χ3n) is 3.34. The number of thiazole rings is 1. The summed E-state index contributed by atoms with van der Waals surface area (Å²) in [5.41, 5.74) is 0.706. The molecule has 0 fully saturated rings. The van der Waals surface area contributed by atoms with Gasteiger partial charge in [-0.3, -0.25) is 9.48 Å². The number of fused-ring (bicyclic) bond motifs is 1. The Morgan fingerprint density at radius 1 is 1.48 bits per heavy atom. The predicted molar refractivity (Wildman–Crippen MR) is 87.8 cm³/mol. The fraction of sp³-hybridized carbons (Fsp3) is 0.188. The average molecular weight is 330 g/mol. The number of halogens is 1. The second-order valence-electron chi connectivity index (χ2n) is 4.84.